The third-order valence-electron chi connectivity index (χ3n) is 4.09. The second kappa shape index (κ2) is 5.53. The molecule has 3 nitrogen and oxygen atoms in total. The lowest BCUT2D eigenvalue weighted by molar-refractivity contribution is -0.142. The van der Waals surface area contributed by atoms with Gasteiger partial charge in [0.05, 0.1) is 0 Å². The number of carbonyl (C=O) groups is 1. The minimum atomic E-state index is -0.946. The molecule has 0 radical (unpaired) electrons. The quantitative estimate of drug-likeness (QED) is 0.887. The van der Waals surface area contributed by atoms with E-state index in [1.807, 2.05) is 42.5 Å². The molecule has 0 heterocycles. The highest BCUT2D eigenvalue weighted by Crippen LogP contribution is 2.34. The van der Waals surface area contributed by atoms with Gasteiger partial charge in [-0.15, -0.1) is 0 Å². The SMILES string of the molecule is O=C(O)C1(Nc2ccccc2Br)CCc2ccccc2C1. The van der Waals surface area contributed by atoms with E-state index in [9.17, 15) is 9.90 Å². The van der Waals surface area contributed by atoms with Gasteiger partial charge in [0.25, 0.3) is 0 Å². The van der Waals surface area contributed by atoms with Gasteiger partial charge in [-0.25, -0.2) is 4.79 Å². The fraction of sp³-hybridized carbons (Fsp3) is 0.235. The van der Waals surface area contributed by atoms with Crippen LogP contribution in [0.5, 0.6) is 0 Å². The first-order chi connectivity index (χ1) is 10.1. The molecular weight excluding hydrogens is 330 g/mol. The van der Waals surface area contributed by atoms with Gasteiger partial charge in [0, 0.05) is 16.6 Å². The van der Waals surface area contributed by atoms with Gasteiger partial charge in [0.2, 0.25) is 0 Å². The number of hydrogen-bond acceptors (Lipinski definition) is 2. The zero-order chi connectivity index (χ0) is 14.9. The van der Waals surface area contributed by atoms with E-state index in [4.69, 9.17) is 0 Å². The van der Waals surface area contributed by atoms with E-state index in [1.54, 1.807) is 0 Å². The molecule has 0 fully saturated rings. The maximum Gasteiger partial charge on any atom is 0.329 e. The highest BCUT2D eigenvalue weighted by atomic mass is 79.9. The smallest absolute Gasteiger partial charge is 0.329 e. The van der Waals surface area contributed by atoms with Gasteiger partial charge in [-0.2, -0.15) is 0 Å². The molecule has 0 amide bonds. The average molecular weight is 346 g/mol. The van der Waals surface area contributed by atoms with E-state index in [0.29, 0.717) is 12.8 Å². The molecular formula is C17H16BrNO2. The maximum absolute atomic E-state index is 11.9. The van der Waals surface area contributed by atoms with Crippen molar-refractivity contribution in [1.82, 2.24) is 0 Å². The second-order valence-electron chi connectivity index (χ2n) is 5.44. The lowest BCUT2D eigenvalue weighted by atomic mass is 9.77. The van der Waals surface area contributed by atoms with E-state index >= 15 is 0 Å². The van der Waals surface area contributed by atoms with Crippen LogP contribution in [0.3, 0.4) is 0 Å². The summed E-state index contributed by atoms with van der Waals surface area (Å²) in [7, 11) is 0. The molecule has 2 aromatic rings. The summed E-state index contributed by atoms with van der Waals surface area (Å²) >= 11 is 3.47. The molecule has 2 N–H and O–H groups in total. The molecule has 1 aliphatic carbocycles. The molecule has 0 aliphatic heterocycles. The molecule has 1 unspecified atom stereocenters. The van der Waals surface area contributed by atoms with Gasteiger partial charge in [-0.3, -0.25) is 0 Å². The van der Waals surface area contributed by atoms with Crippen molar-refractivity contribution in [3.05, 3.63) is 64.1 Å². The van der Waals surface area contributed by atoms with Gasteiger partial charge in [-0.05, 0) is 52.0 Å². The van der Waals surface area contributed by atoms with Crippen LogP contribution in [-0.2, 0) is 17.6 Å². The number of benzene rings is 2. The number of para-hydroxylation sites is 1. The van der Waals surface area contributed by atoms with Crippen LogP contribution in [0.15, 0.2) is 53.0 Å². The van der Waals surface area contributed by atoms with Crippen molar-refractivity contribution in [3.8, 4) is 0 Å². The Bertz CT molecular complexity index is 686. The highest BCUT2D eigenvalue weighted by Gasteiger charge is 2.41. The number of rotatable bonds is 3. The minimum absolute atomic E-state index is 0.500. The van der Waals surface area contributed by atoms with Crippen molar-refractivity contribution in [1.29, 1.82) is 0 Å². The monoisotopic (exact) mass is 345 g/mol. The van der Waals surface area contributed by atoms with Crippen LogP contribution < -0.4 is 5.32 Å². The topological polar surface area (TPSA) is 49.3 Å². The number of carboxylic acid groups (broad SMARTS) is 1. The lowest BCUT2D eigenvalue weighted by Gasteiger charge is -2.36. The first-order valence-electron chi connectivity index (χ1n) is 6.94. The lowest BCUT2D eigenvalue weighted by Crippen LogP contribution is -2.50. The molecule has 3 rings (SSSR count). The van der Waals surface area contributed by atoms with Crippen molar-refractivity contribution in [2.24, 2.45) is 0 Å². The molecule has 0 spiro atoms. The fourth-order valence-electron chi connectivity index (χ4n) is 2.90. The number of halogens is 1. The van der Waals surface area contributed by atoms with Gasteiger partial charge >= 0.3 is 5.97 Å². The first-order valence-corrected chi connectivity index (χ1v) is 7.73. The van der Waals surface area contributed by atoms with Crippen LogP contribution in [0.25, 0.3) is 0 Å². The summed E-state index contributed by atoms with van der Waals surface area (Å²) < 4.78 is 0.879. The van der Waals surface area contributed by atoms with E-state index in [-0.39, 0.29) is 0 Å². The Morgan fingerprint density at radius 2 is 1.76 bits per heavy atom. The predicted molar refractivity (Wildman–Crippen MR) is 86.6 cm³/mol. The van der Waals surface area contributed by atoms with E-state index < -0.39 is 11.5 Å². The summed E-state index contributed by atoms with van der Waals surface area (Å²) in [6.45, 7) is 0. The number of anilines is 1. The first kappa shape index (κ1) is 14.1. The van der Waals surface area contributed by atoms with Crippen molar-refractivity contribution in [2.45, 2.75) is 24.8 Å². The van der Waals surface area contributed by atoms with Crippen LogP contribution in [0.2, 0.25) is 0 Å². The number of nitrogens with one attached hydrogen (secondary N) is 1. The standard InChI is InChI=1S/C17H16BrNO2/c18-14-7-3-4-8-15(14)19-17(16(20)21)10-9-12-5-1-2-6-13(12)11-17/h1-8,19H,9-11H2,(H,20,21). The maximum atomic E-state index is 11.9. The summed E-state index contributed by atoms with van der Waals surface area (Å²) in [5.41, 5.74) is 2.24. The number of aliphatic carboxylic acids is 1. The highest BCUT2D eigenvalue weighted by molar-refractivity contribution is 9.10. The molecule has 0 saturated heterocycles. The van der Waals surface area contributed by atoms with Crippen molar-refractivity contribution in [3.63, 3.8) is 0 Å². The Labute approximate surface area is 132 Å². The predicted octanol–water partition coefficient (Wildman–Crippen LogP) is 3.87. The molecule has 0 bridgehead atoms. The van der Waals surface area contributed by atoms with E-state index in [2.05, 4.69) is 27.3 Å². The van der Waals surface area contributed by atoms with Gasteiger partial charge in [-0.1, -0.05) is 36.4 Å². The number of hydrogen-bond donors (Lipinski definition) is 2. The molecule has 0 saturated carbocycles. The number of aryl methyl sites for hydroxylation is 1. The minimum Gasteiger partial charge on any atom is -0.479 e. The molecule has 2 aromatic carbocycles. The number of carboxylic acids is 1. The summed E-state index contributed by atoms with van der Waals surface area (Å²) in [5, 5.41) is 13.0. The van der Waals surface area contributed by atoms with Crippen molar-refractivity contribution in [2.75, 3.05) is 5.32 Å². The normalized spacial score (nSPS) is 20.6. The summed E-state index contributed by atoms with van der Waals surface area (Å²) in [4.78, 5) is 11.9. The zero-order valence-corrected chi connectivity index (χ0v) is 13.1. The van der Waals surface area contributed by atoms with Crippen molar-refractivity contribution < 1.29 is 9.90 Å². The third-order valence-corrected chi connectivity index (χ3v) is 4.78. The van der Waals surface area contributed by atoms with Crippen LogP contribution >= 0.6 is 15.9 Å². The molecule has 1 atom stereocenters. The molecule has 0 aromatic heterocycles. The average Bonchev–Trinajstić information content (AvgIpc) is 2.49. The zero-order valence-electron chi connectivity index (χ0n) is 11.5. The van der Waals surface area contributed by atoms with Crippen LogP contribution in [0.1, 0.15) is 17.5 Å². The molecule has 4 heteroatoms. The Balaban J connectivity index is 1.96. The summed E-state index contributed by atoms with van der Waals surface area (Å²) in [5.74, 6) is -0.798. The Hall–Kier alpha value is -1.81. The Kier molecular flexibility index (Phi) is 3.72. The summed E-state index contributed by atoms with van der Waals surface area (Å²) in [6.07, 6.45) is 1.86. The third kappa shape index (κ3) is 2.68. The van der Waals surface area contributed by atoms with E-state index in [0.717, 1.165) is 22.1 Å². The Morgan fingerprint density at radius 1 is 1.10 bits per heavy atom. The largest absolute Gasteiger partial charge is 0.479 e. The summed E-state index contributed by atoms with van der Waals surface area (Å²) in [6, 6.07) is 15.7. The van der Waals surface area contributed by atoms with Gasteiger partial charge < -0.3 is 10.4 Å². The molecule has 1 aliphatic rings. The van der Waals surface area contributed by atoms with Crippen LogP contribution in [0, 0.1) is 0 Å². The van der Waals surface area contributed by atoms with E-state index in [1.165, 1.54) is 5.56 Å². The van der Waals surface area contributed by atoms with Crippen LogP contribution in [0.4, 0.5) is 5.69 Å². The molecule has 108 valence electrons. The van der Waals surface area contributed by atoms with Gasteiger partial charge in [0.15, 0.2) is 0 Å². The Morgan fingerprint density at radius 3 is 2.48 bits per heavy atom. The van der Waals surface area contributed by atoms with Gasteiger partial charge in [0.1, 0.15) is 5.54 Å². The fourth-order valence-corrected chi connectivity index (χ4v) is 3.28. The molecule has 21 heavy (non-hydrogen) atoms. The number of fused-ring (bicyclic) bond motifs is 1. The second-order valence-corrected chi connectivity index (χ2v) is 6.29. The van der Waals surface area contributed by atoms with Crippen molar-refractivity contribution >= 4 is 27.6 Å². The van der Waals surface area contributed by atoms with Crippen LogP contribution in [-0.4, -0.2) is 16.6 Å².